The average Bonchev–Trinajstić information content (AvgIpc) is 2.39. The van der Waals surface area contributed by atoms with Crippen LogP contribution in [0.4, 0.5) is 0 Å². The highest BCUT2D eigenvalue weighted by Crippen LogP contribution is 2.19. The van der Waals surface area contributed by atoms with E-state index in [1.165, 1.54) is 0 Å². The molecule has 94 valence electrons. The summed E-state index contributed by atoms with van der Waals surface area (Å²) < 4.78 is 5.40. The monoisotopic (exact) mass is 244 g/mol. The summed E-state index contributed by atoms with van der Waals surface area (Å²) in [5.41, 5.74) is 0.700. The molecule has 18 heavy (non-hydrogen) atoms. The van der Waals surface area contributed by atoms with Gasteiger partial charge in [-0.15, -0.1) is 0 Å². The SMILES string of the molecule is CC1(NC(=O)c2cccc(C#N)c2)CCCOC1. The third-order valence-electron chi connectivity index (χ3n) is 3.11. The lowest BCUT2D eigenvalue weighted by Crippen LogP contribution is -2.51. The first-order chi connectivity index (χ1) is 8.63. The Balaban J connectivity index is 2.09. The number of carbonyl (C=O) groups excluding carboxylic acids is 1. The second-order valence-corrected chi connectivity index (χ2v) is 4.86. The number of rotatable bonds is 2. The molecule has 1 aliphatic rings. The fourth-order valence-electron chi connectivity index (χ4n) is 2.11. The van der Waals surface area contributed by atoms with E-state index in [9.17, 15) is 4.79 Å². The molecule has 1 fully saturated rings. The summed E-state index contributed by atoms with van der Waals surface area (Å²) in [5.74, 6) is -0.153. The Morgan fingerprint density at radius 3 is 3.06 bits per heavy atom. The third-order valence-corrected chi connectivity index (χ3v) is 3.11. The largest absolute Gasteiger partial charge is 0.379 e. The van der Waals surface area contributed by atoms with E-state index in [2.05, 4.69) is 5.32 Å². The number of ether oxygens (including phenoxy) is 1. The Bertz CT molecular complexity index is 485. The standard InChI is InChI=1S/C14H16N2O2/c1-14(6-3-7-18-10-14)16-13(17)12-5-2-4-11(8-12)9-15/h2,4-5,8H,3,6-7,10H2,1H3,(H,16,17). The van der Waals surface area contributed by atoms with E-state index >= 15 is 0 Å². The van der Waals surface area contributed by atoms with Gasteiger partial charge in [-0.1, -0.05) is 6.07 Å². The second kappa shape index (κ2) is 5.19. The number of carbonyl (C=O) groups is 1. The number of hydrogen-bond donors (Lipinski definition) is 1. The summed E-state index contributed by atoms with van der Waals surface area (Å²) in [6, 6.07) is 8.74. The minimum absolute atomic E-state index is 0.153. The van der Waals surface area contributed by atoms with Crippen LogP contribution in [-0.4, -0.2) is 24.7 Å². The minimum atomic E-state index is -0.308. The predicted octanol–water partition coefficient (Wildman–Crippen LogP) is 1.86. The highest BCUT2D eigenvalue weighted by molar-refractivity contribution is 5.95. The molecule has 1 aromatic rings. The number of amides is 1. The first kappa shape index (κ1) is 12.6. The maximum atomic E-state index is 12.1. The Labute approximate surface area is 107 Å². The van der Waals surface area contributed by atoms with Crippen LogP contribution in [0, 0.1) is 11.3 Å². The molecular weight excluding hydrogens is 228 g/mol. The van der Waals surface area contributed by atoms with Crippen LogP contribution in [0.25, 0.3) is 0 Å². The van der Waals surface area contributed by atoms with Crippen molar-refractivity contribution >= 4 is 5.91 Å². The molecule has 1 heterocycles. The van der Waals surface area contributed by atoms with E-state index in [-0.39, 0.29) is 11.4 Å². The van der Waals surface area contributed by atoms with Crippen molar-refractivity contribution in [1.82, 2.24) is 5.32 Å². The highest BCUT2D eigenvalue weighted by Gasteiger charge is 2.29. The molecule has 0 aromatic heterocycles. The summed E-state index contributed by atoms with van der Waals surface area (Å²) in [7, 11) is 0. The van der Waals surface area contributed by atoms with Crippen LogP contribution >= 0.6 is 0 Å². The van der Waals surface area contributed by atoms with E-state index in [1.807, 2.05) is 13.0 Å². The van der Waals surface area contributed by atoms with Crippen LogP contribution in [0.5, 0.6) is 0 Å². The highest BCUT2D eigenvalue weighted by atomic mass is 16.5. The zero-order chi connectivity index (χ0) is 13.0. The molecule has 0 bridgehead atoms. The fraction of sp³-hybridized carbons (Fsp3) is 0.429. The maximum Gasteiger partial charge on any atom is 0.251 e. The van der Waals surface area contributed by atoms with E-state index in [4.69, 9.17) is 10.00 Å². The van der Waals surface area contributed by atoms with Gasteiger partial charge in [-0.25, -0.2) is 0 Å². The van der Waals surface area contributed by atoms with Crippen molar-refractivity contribution in [3.63, 3.8) is 0 Å². The van der Waals surface area contributed by atoms with Crippen LogP contribution < -0.4 is 5.32 Å². The van der Waals surface area contributed by atoms with E-state index in [0.29, 0.717) is 17.7 Å². The summed E-state index contributed by atoms with van der Waals surface area (Å²) >= 11 is 0. The van der Waals surface area contributed by atoms with E-state index in [1.54, 1.807) is 24.3 Å². The molecule has 4 heteroatoms. The molecule has 0 radical (unpaired) electrons. The van der Waals surface area contributed by atoms with Gasteiger partial charge in [0.1, 0.15) is 0 Å². The average molecular weight is 244 g/mol. The van der Waals surface area contributed by atoms with Crippen molar-refractivity contribution in [2.45, 2.75) is 25.3 Å². The third kappa shape index (κ3) is 2.88. The lowest BCUT2D eigenvalue weighted by Gasteiger charge is -2.34. The summed E-state index contributed by atoms with van der Waals surface area (Å²) in [6.07, 6.45) is 1.87. The summed E-state index contributed by atoms with van der Waals surface area (Å²) in [6.45, 7) is 3.28. The Morgan fingerprint density at radius 1 is 1.56 bits per heavy atom. The van der Waals surface area contributed by atoms with Gasteiger partial charge in [-0.05, 0) is 38.0 Å². The predicted molar refractivity (Wildman–Crippen MR) is 67.1 cm³/mol. The van der Waals surface area contributed by atoms with Crippen LogP contribution in [0.3, 0.4) is 0 Å². The number of nitriles is 1. The molecule has 1 aromatic carbocycles. The van der Waals surface area contributed by atoms with Gasteiger partial charge in [0.25, 0.3) is 5.91 Å². The molecule has 1 N–H and O–H groups in total. The van der Waals surface area contributed by atoms with Gasteiger partial charge in [0.2, 0.25) is 0 Å². The maximum absolute atomic E-state index is 12.1. The number of nitrogens with zero attached hydrogens (tertiary/aromatic N) is 1. The molecular formula is C14H16N2O2. The molecule has 1 aliphatic heterocycles. The Kier molecular flexibility index (Phi) is 3.63. The van der Waals surface area contributed by atoms with Crippen molar-refractivity contribution < 1.29 is 9.53 Å². The fourth-order valence-corrected chi connectivity index (χ4v) is 2.11. The number of benzene rings is 1. The second-order valence-electron chi connectivity index (χ2n) is 4.86. The van der Waals surface area contributed by atoms with Gasteiger partial charge in [0, 0.05) is 12.2 Å². The van der Waals surface area contributed by atoms with Crippen LogP contribution in [-0.2, 0) is 4.74 Å². The lowest BCUT2D eigenvalue weighted by molar-refractivity contribution is 0.0272. The Morgan fingerprint density at radius 2 is 2.39 bits per heavy atom. The van der Waals surface area contributed by atoms with Gasteiger partial charge in [0.05, 0.1) is 23.8 Å². The van der Waals surface area contributed by atoms with Crippen molar-refractivity contribution in [3.05, 3.63) is 35.4 Å². The van der Waals surface area contributed by atoms with Gasteiger partial charge in [-0.3, -0.25) is 4.79 Å². The van der Waals surface area contributed by atoms with Crippen LogP contribution in [0.1, 0.15) is 35.7 Å². The quantitative estimate of drug-likeness (QED) is 0.863. The molecule has 2 rings (SSSR count). The van der Waals surface area contributed by atoms with Crippen molar-refractivity contribution in [1.29, 1.82) is 5.26 Å². The van der Waals surface area contributed by atoms with E-state index in [0.717, 1.165) is 19.4 Å². The molecule has 4 nitrogen and oxygen atoms in total. The van der Waals surface area contributed by atoms with Crippen LogP contribution in [0.2, 0.25) is 0 Å². The lowest BCUT2D eigenvalue weighted by atomic mass is 9.94. The molecule has 0 spiro atoms. The van der Waals surface area contributed by atoms with Gasteiger partial charge < -0.3 is 10.1 Å². The normalized spacial score (nSPS) is 23.1. The molecule has 1 saturated heterocycles. The molecule has 0 saturated carbocycles. The molecule has 0 aliphatic carbocycles. The zero-order valence-corrected chi connectivity index (χ0v) is 10.4. The van der Waals surface area contributed by atoms with E-state index < -0.39 is 0 Å². The smallest absolute Gasteiger partial charge is 0.251 e. The topological polar surface area (TPSA) is 62.1 Å². The molecule has 1 unspecified atom stereocenters. The summed E-state index contributed by atoms with van der Waals surface area (Å²) in [4.78, 5) is 12.1. The van der Waals surface area contributed by atoms with Crippen molar-refractivity contribution in [2.75, 3.05) is 13.2 Å². The van der Waals surface area contributed by atoms with Gasteiger partial charge in [-0.2, -0.15) is 5.26 Å². The number of nitrogens with one attached hydrogen (secondary N) is 1. The Hall–Kier alpha value is -1.86. The molecule has 1 amide bonds. The van der Waals surface area contributed by atoms with Gasteiger partial charge >= 0.3 is 0 Å². The first-order valence-electron chi connectivity index (χ1n) is 6.03. The van der Waals surface area contributed by atoms with Crippen LogP contribution in [0.15, 0.2) is 24.3 Å². The minimum Gasteiger partial charge on any atom is -0.379 e. The summed E-state index contributed by atoms with van der Waals surface area (Å²) in [5, 5.41) is 11.8. The van der Waals surface area contributed by atoms with Crippen molar-refractivity contribution in [2.24, 2.45) is 0 Å². The number of hydrogen-bond acceptors (Lipinski definition) is 3. The molecule has 1 atom stereocenters. The van der Waals surface area contributed by atoms with Crippen molar-refractivity contribution in [3.8, 4) is 6.07 Å². The zero-order valence-electron chi connectivity index (χ0n) is 10.4. The van der Waals surface area contributed by atoms with Gasteiger partial charge in [0.15, 0.2) is 0 Å². The first-order valence-corrected chi connectivity index (χ1v) is 6.03.